The second-order valence-electron chi connectivity index (χ2n) is 5.70. The van der Waals surface area contributed by atoms with Gasteiger partial charge in [0, 0.05) is 22.4 Å². The van der Waals surface area contributed by atoms with Gasteiger partial charge >= 0.3 is 0 Å². The van der Waals surface area contributed by atoms with Gasteiger partial charge in [0.15, 0.2) is 0 Å². The Labute approximate surface area is 119 Å². The Hall–Kier alpha value is -0.670. The lowest BCUT2D eigenvalue weighted by Crippen LogP contribution is -2.36. The van der Waals surface area contributed by atoms with E-state index in [9.17, 15) is 0 Å². The van der Waals surface area contributed by atoms with E-state index in [1.165, 1.54) is 11.1 Å². The molecule has 0 aromatic carbocycles. The van der Waals surface area contributed by atoms with Crippen molar-refractivity contribution in [1.82, 2.24) is 10.3 Å². The Kier molecular flexibility index (Phi) is 6.03. The second-order valence-corrected chi connectivity index (χ2v) is 6.62. The summed E-state index contributed by atoms with van der Waals surface area (Å²) in [7, 11) is 0. The Morgan fingerprint density at radius 1 is 1.39 bits per heavy atom. The average Bonchev–Trinajstić information content (AvgIpc) is 2.23. The minimum Gasteiger partial charge on any atom is -0.312 e. The van der Waals surface area contributed by atoms with E-state index in [-0.39, 0.29) is 5.54 Å². The maximum Gasteiger partial charge on any atom is 0.0410 e. The number of nitrogens with one attached hydrogen (secondary N) is 1. The van der Waals surface area contributed by atoms with E-state index in [1.807, 2.05) is 12.4 Å². The number of rotatable bonds is 5. The molecule has 1 aromatic heterocycles. The van der Waals surface area contributed by atoms with Crippen molar-refractivity contribution in [2.75, 3.05) is 6.54 Å². The summed E-state index contributed by atoms with van der Waals surface area (Å²) in [5.74, 6) is 0. The van der Waals surface area contributed by atoms with Gasteiger partial charge in [-0.15, -0.1) is 0 Å². The largest absolute Gasteiger partial charge is 0.312 e. The minimum atomic E-state index is 0.204. The van der Waals surface area contributed by atoms with E-state index in [2.05, 4.69) is 66.1 Å². The van der Waals surface area contributed by atoms with Crippen LogP contribution < -0.4 is 5.32 Å². The van der Waals surface area contributed by atoms with Crippen molar-refractivity contribution in [3.8, 4) is 0 Å². The van der Waals surface area contributed by atoms with Crippen molar-refractivity contribution in [2.24, 2.45) is 0 Å². The molecule has 0 saturated heterocycles. The smallest absolute Gasteiger partial charge is 0.0410 e. The highest BCUT2D eigenvalue weighted by Crippen LogP contribution is 2.13. The topological polar surface area (TPSA) is 24.9 Å². The lowest BCUT2D eigenvalue weighted by Gasteiger charge is -2.19. The first-order valence-electron chi connectivity index (χ1n) is 6.37. The van der Waals surface area contributed by atoms with Crippen molar-refractivity contribution in [3.63, 3.8) is 0 Å². The van der Waals surface area contributed by atoms with E-state index in [0.29, 0.717) is 0 Å². The van der Waals surface area contributed by atoms with Crippen molar-refractivity contribution < 1.29 is 0 Å². The molecular formula is C15H23BrN2. The van der Waals surface area contributed by atoms with Crippen LogP contribution in [0.25, 0.3) is 0 Å². The molecule has 0 aliphatic heterocycles. The van der Waals surface area contributed by atoms with Crippen LogP contribution in [0, 0.1) is 0 Å². The first-order valence-corrected chi connectivity index (χ1v) is 7.16. The molecular weight excluding hydrogens is 288 g/mol. The molecule has 2 nitrogen and oxygen atoms in total. The lowest BCUT2D eigenvalue weighted by atomic mass is 10.1. The molecule has 1 aromatic rings. The molecule has 18 heavy (non-hydrogen) atoms. The SMILES string of the molecule is C/C(=C/CCNC(C)(C)C)Cc1cncc(Br)c1. The molecule has 0 fully saturated rings. The van der Waals surface area contributed by atoms with Crippen molar-refractivity contribution in [1.29, 1.82) is 0 Å². The predicted molar refractivity (Wildman–Crippen MR) is 81.8 cm³/mol. The summed E-state index contributed by atoms with van der Waals surface area (Å²) in [4.78, 5) is 4.18. The average molecular weight is 311 g/mol. The van der Waals surface area contributed by atoms with Gasteiger partial charge in [0.25, 0.3) is 0 Å². The van der Waals surface area contributed by atoms with Gasteiger partial charge in [0.1, 0.15) is 0 Å². The van der Waals surface area contributed by atoms with Crippen molar-refractivity contribution in [2.45, 2.75) is 46.1 Å². The summed E-state index contributed by atoms with van der Waals surface area (Å²) in [5, 5.41) is 3.49. The first kappa shape index (κ1) is 15.4. The van der Waals surface area contributed by atoms with Crippen LogP contribution >= 0.6 is 15.9 Å². The van der Waals surface area contributed by atoms with Crippen LogP contribution in [-0.2, 0) is 6.42 Å². The number of nitrogens with zero attached hydrogens (tertiary/aromatic N) is 1. The number of halogens is 1. The molecule has 0 aliphatic rings. The molecule has 0 unspecified atom stereocenters. The van der Waals surface area contributed by atoms with Gasteiger partial charge in [-0.3, -0.25) is 4.98 Å². The van der Waals surface area contributed by atoms with Gasteiger partial charge in [-0.2, -0.15) is 0 Å². The molecule has 0 spiro atoms. The Balaban J connectivity index is 2.38. The van der Waals surface area contributed by atoms with E-state index in [0.717, 1.165) is 23.9 Å². The molecule has 0 radical (unpaired) electrons. The number of aromatic nitrogens is 1. The quantitative estimate of drug-likeness (QED) is 0.654. The molecule has 100 valence electrons. The Morgan fingerprint density at radius 3 is 2.72 bits per heavy atom. The van der Waals surface area contributed by atoms with Crippen LogP contribution in [0.3, 0.4) is 0 Å². The highest BCUT2D eigenvalue weighted by Gasteiger charge is 2.06. The van der Waals surface area contributed by atoms with Gasteiger partial charge < -0.3 is 5.32 Å². The molecule has 1 rings (SSSR count). The van der Waals surface area contributed by atoms with Crippen molar-refractivity contribution >= 4 is 15.9 Å². The summed E-state index contributed by atoms with van der Waals surface area (Å²) in [5.41, 5.74) is 2.85. The molecule has 0 amide bonds. The lowest BCUT2D eigenvalue weighted by molar-refractivity contribution is 0.431. The monoisotopic (exact) mass is 310 g/mol. The van der Waals surface area contributed by atoms with E-state index in [1.54, 1.807) is 0 Å². The summed E-state index contributed by atoms with van der Waals surface area (Å²) in [6, 6.07) is 2.12. The first-order chi connectivity index (χ1) is 8.37. The fraction of sp³-hybridized carbons (Fsp3) is 0.533. The van der Waals surface area contributed by atoms with Gasteiger partial charge in [-0.05, 0) is 74.6 Å². The van der Waals surface area contributed by atoms with Crippen molar-refractivity contribution in [3.05, 3.63) is 40.1 Å². The van der Waals surface area contributed by atoms with Crippen LogP contribution in [-0.4, -0.2) is 17.1 Å². The maximum absolute atomic E-state index is 4.18. The van der Waals surface area contributed by atoms with Crippen LogP contribution in [0.2, 0.25) is 0 Å². The molecule has 1 heterocycles. The van der Waals surface area contributed by atoms with Crippen LogP contribution in [0.1, 0.15) is 39.7 Å². The van der Waals surface area contributed by atoms with Crippen LogP contribution in [0.15, 0.2) is 34.6 Å². The third-order valence-electron chi connectivity index (χ3n) is 2.54. The van der Waals surface area contributed by atoms with Gasteiger partial charge in [0.05, 0.1) is 0 Å². The molecule has 3 heteroatoms. The number of allylic oxidation sites excluding steroid dienone is 1. The molecule has 1 N–H and O–H groups in total. The number of pyridine rings is 1. The fourth-order valence-electron chi connectivity index (χ4n) is 1.71. The van der Waals surface area contributed by atoms with Crippen LogP contribution in [0.5, 0.6) is 0 Å². The zero-order valence-electron chi connectivity index (χ0n) is 11.8. The van der Waals surface area contributed by atoms with Gasteiger partial charge in [0.2, 0.25) is 0 Å². The normalized spacial score (nSPS) is 12.8. The second kappa shape index (κ2) is 7.05. The summed E-state index contributed by atoms with van der Waals surface area (Å²) >= 11 is 3.45. The highest BCUT2D eigenvalue weighted by molar-refractivity contribution is 9.10. The van der Waals surface area contributed by atoms with E-state index in [4.69, 9.17) is 0 Å². The Bertz CT molecular complexity index is 405. The predicted octanol–water partition coefficient (Wildman–Crippen LogP) is 4.11. The fourth-order valence-corrected chi connectivity index (χ4v) is 2.12. The minimum absolute atomic E-state index is 0.204. The highest BCUT2D eigenvalue weighted by atomic mass is 79.9. The molecule has 0 bridgehead atoms. The maximum atomic E-state index is 4.18. The summed E-state index contributed by atoms with van der Waals surface area (Å²) in [6.07, 6.45) is 8.09. The molecule has 0 aliphatic carbocycles. The number of hydrogen-bond donors (Lipinski definition) is 1. The summed E-state index contributed by atoms with van der Waals surface area (Å²) < 4.78 is 1.04. The molecule has 0 saturated carbocycles. The zero-order chi connectivity index (χ0) is 13.6. The standard InChI is InChI=1S/C15H23BrN2/c1-12(6-5-7-18-15(2,3)4)8-13-9-14(16)11-17-10-13/h6,9-11,18H,5,7-8H2,1-4H3/b12-6-. The summed E-state index contributed by atoms with van der Waals surface area (Å²) in [6.45, 7) is 9.78. The van der Waals surface area contributed by atoms with E-state index < -0.39 is 0 Å². The Morgan fingerprint density at radius 2 is 2.11 bits per heavy atom. The molecule has 0 atom stereocenters. The third kappa shape index (κ3) is 6.92. The van der Waals surface area contributed by atoms with Gasteiger partial charge in [-0.25, -0.2) is 0 Å². The van der Waals surface area contributed by atoms with Gasteiger partial charge in [-0.1, -0.05) is 11.6 Å². The number of hydrogen-bond acceptors (Lipinski definition) is 2. The van der Waals surface area contributed by atoms with Crippen LogP contribution in [0.4, 0.5) is 0 Å². The zero-order valence-corrected chi connectivity index (χ0v) is 13.3. The van der Waals surface area contributed by atoms with E-state index >= 15 is 0 Å². The third-order valence-corrected chi connectivity index (χ3v) is 2.97.